The number of hydrogen-bond donors (Lipinski definition) is 2. The first-order valence-corrected chi connectivity index (χ1v) is 5.34. The number of furan rings is 1. The van der Waals surface area contributed by atoms with E-state index in [1.165, 1.54) is 0 Å². The van der Waals surface area contributed by atoms with Crippen LogP contribution < -0.4 is 11.5 Å². The molecule has 0 saturated heterocycles. The summed E-state index contributed by atoms with van der Waals surface area (Å²) in [7, 11) is 0. The lowest BCUT2D eigenvalue weighted by Gasteiger charge is -2.10. The standard InChI is InChI=1S/C13H14N2O2/c14-11(8-13(15)16)9-3-1-4-10(7-9)12-5-2-6-17-12/h1-7,11H,8,14H2,(H2,15,16). The third-order valence-corrected chi connectivity index (χ3v) is 2.54. The van der Waals surface area contributed by atoms with Crippen LogP contribution in [0.4, 0.5) is 0 Å². The van der Waals surface area contributed by atoms with Crippen LogP contribution in [0.1, 0.15) is 18.0 Å². The molecule has 4 N–H and O–H groups in total. The summed E-state index contributed by atoms with van der Waals surface area (Å²) in [6, 6.07) is 10.9. The third-order valence-electron chi connectivity index (χ3n) is 2.54. The van der Waals surface area contributed by atoms with E-state index in [4.69, 9.17) is 15.9 Å². The van der Waals surface area contributed by atoms with Gasteiger partial charge in [0, 0.05) is 18.0 Å². The molecule has 0 spiro atoms. The van der Waals surface area contributed by atoms with Crippen molar-refractivity contribution < 1.29 is 9.21 Å². The van der Waals surface area contributed by atoms with Crippen molar-refractivity contribution in [1.29, 1.82) is 0 Å². The van der Waals surface area contributed by atoms with E-state index in [1.54, 1.807) is 6.26 Å². The predicted octanol–water partition coefficient (Wildman–Crippen LogP) is 1.82. The Morgan fingerprint density at radius 2 is 2.12 bits per heavy atom. The van der Waals surface area contributed by atoms with Crippen LogP contribution in [0.15, 0.2) is 47.1 Å². The summed E-state index contributed by atoms with van der Waals surface area (Å²) in [6.45, 7) is 0. The molecular formula is C13H14N2O2. The van der Waals surface area contributed by atoms with Crippen LogP contribution in [0, 0.1) is 0 Å². The molecule has 4 heteroatoms. The van der Waals surface area contributed by atoms with Crippen LogP contribution in [0.2, 0.25) is 0 Å². The molecule has 88 valence electrons. The Hall–Kier alpha value is -2.07. The maximum atomic E-state index is 10.8. The van der Waals surface area contributed by atoms with Gasteiger partial charge in [0.1, 0.15) is 5.76 Å². The van der Waals surface area contributed by atoms with Gasteiger partial charge in [0.05, 0.1) is 6.26 Å². The fraction of sp³-hybridized carbons (Fsp3) is 0.154. The Bertz CT molecular complexity index is 506. The van der Waals surface area contributed by atoms with Crippen LogP contribution in [0.25, 0.3) is 11.3 Å². The molecule has 1 amide bonds. The lowest BCUT2D eigenvalue weighted by Crippen LogP contribution is -2.20. The second kappa shape index (κ2) is 4.84. The summed E-state index contributed by atoms with van der Waals surface area (Å²) >= 11 is 0. The van der Waals surface area contributed by atoms with Gasteiger partial charge in [-0.05, 0) is 23.8 Å². The van der Waals surface area contributed by atoms with Crippen LogP contribution in [-0.2, 0) is 4.79 Å². The van der Waals surface area contributed by atoms with E-state index >= 15 is 0 Å². The zero-order valence-electron chi connectivity index (χ0n) is 9.30. The van der Waals surface area contributed by atoms with E-state index in [9.17, 15) is 4.79 Å². The Labute approximate surface area is 99.2 Å². The molecule has 1 aromatic heterocycles. The SMILES string of the molecule is NC(=O)CC(N)c1cccc(-c2ccco2)c1. The molecule has 0 bridgehead atoms. The summed E-state index contributed by atoms with van der Waals surface area (Å²) in [5.74, 6) is 0.374. The molecule has 2 aromatic rings. The number of nitrogens with two attached hydrogens (primary N) is 2. The molecule has 0 aliphatic rings. The van der Waals surface area contributed by atoms with Crippen LogP contribution in [0.3, 0.4) is 0 Å². The van der Waals surface area contributed by atoms with Crippen molar-refractivity contribution in [2.75, 3.05) is 0 Å². The van der Waals surface area contributed by atoms with Gasteiger partial charge in [0.2, 0.25) is 5.91 Å². The number of rotatable bonds is 4. The highest BCUT2D eigenvalue weighted by Crippen LogP contribution is 2.23. The predicted molar refractivity (Wildman–Crippen MR) is 64.9 cm³/mol. The molecule has 1 atom stereocenters. The molecule has 0 radical (unpaired) electrons. The summed E-state index contributed by atoms with van der Waals surface area (Å²) in [4.78, 5) is 10.8. The van der Waals surface area contributed by atoms with Crippen LogP contribution >= 0.6 is 0 Å². The Morgan fingerprint density at radius 3 is 2.76 bits per heavy atom. The molecular weight excluding hydrogens is 216 g/mol. The first-order chi connectivity index (χ1) is 8.16. The molecule has 4 nitrogen and oxygen atoms in total. The molecule has 1 heterocycles. The van der Waals surface area contributed by atoms with Gasteiger partial charge in [-0.15, -0.1) is 0 Å². The highest BCUT2D eigenvalue weighted by molar-refractivity contribution is 5.74. The van der Waals surface area contributed by atoms with Gasteiger partial charge in [-0.25, -0.2) is 0 Å². The maximum Gasteiger partial charge on any atom is 0.219 e. The number of benzene rings is 1. The number of hydrogen-bond acceptors (Lipinski definition) is 3. The van der Waals surface area contributed by atoms with Gasteiger partial charge in [-0.3, -0.25) is 4.79 Å². The molecule has 0 fully saturated rings. The lowest BCUT2D eigenvalue weighted by atomic mass is 10.0. The largest absolute Gasteiger partial charge is 0.464 e. The van der Waals surface area contributed by atoms with Gasteiger partial charge >= 0.3 is 0 Å². The van der Waals surface area contributed by atoms with Gasteiger partial charge < -0.3 is 15.9 Å². The molecule has 1 unspecified atom stereocenters. The van der Waals surface area contributed by atoms with Crippen LogP contribution in [-0.4, -0.2) is 5.91 Å². The van der Waals surface area contributed by atoms with Gasteiger partial charge in [-0.1, -0.05) is 18.2 Å². The fourth-order valence-corrected chi connectivity index (χ4v) is 1.70. The van der Waals surface area contributed by atoms with Crippen molar-refractivity contribution in [2.24, 2.45) is 11.5 Å². The molecule has 0 aliphatic carbocycles. The van der Waals surface area contributed by atoms with E-state index in [-0.39, 0.29) is 12.5 Å². The monoisotopic (exact) mass is 230 g/mol. The van der Waals surface area contributed by atoms with E-state index in [1.807, 2.05) is 36.4 Å². The summed E-state index contributed by atoms with van der Waals surface area (Å²) in [6.07, 6.45) is 1.76. The van der Waals surface area contributed by atoms with E-state index in [2.05, 4.69) is 0 Å². The van der Waals surface area contributed by atoms with Crippen LogP contribution in [0.5, 0.6) is 0 Å². The highest BCUT2D eigenvalue weighted by atomic mass is 16.3. The second-order valence-corrected chi connectivity index (χ2v) is 3.88. The summed E-state index contributed by atoms with van der Waals surface area (Å²) in [5, 5.41) is 0. The van der Waals surface area contributed by atoms with E-state index in [0.29, 0.717) is 0 Å². The minimum Gasteiger partial charge on any atom is -0.464 e. The molecule has 1 aromatic carbocycles. The number of amides is 1. The quantitative estimate of drug-likeness (QED) is 0.840. The topological polar surface area (TPSA) is 82.2 Å². The molecule has 0 aliphatic heterocycles. The van der Waals surface area contributed by atoms with E-state index in [0.717, 1.165) is 16.9 Å². The number of carbonyl (C=O) groups is 1. The first-order valence-electron chi connectivity index (χ1n) is 5.34. The number of primary amides is 1. The average molecular weight is 230 g/mol. The minimum atomic E-state index is -0.402. The lowest BCUT2D eigenvalue weighted by molar-refractivity contribution is -0.118. The Morgan fingerprint density at radius 1 is 1.29 bits per heavy atom. The highest BCUT2D eigenvalue weighted by Gasteiger charge is 2.10. The third kappa shape index (κ3) is 2.73. The van der Waals surface area contributed by atoms with Crippen molar-refractivity contribution in [2.45, 2.75) is 12.5 Å². The van der Waals surface area contributed by atoms with Gasteiger partial charge in [-0.2, -0.15) is 0 Å². The smallest absolute Gasteiger partial charge is 0.219 e. The molecule has 0 saturated carbocycles. The van der Waals surface area contributed by atoms with Crippen molar-refractivity contribution in [3.63, 3.8) is 0 Å². The van der Waals surface area contributed by atoms with Gasteiger partial charge in [0.15, 0.2) is 0 Å². The molecule has 2 rings (SSSR count). The zero-order chi connectivity index (χ0) is 12.3. The Kier molecular flexibility index (Phi) is 3.25. The van der Waals surface area contributed by atoms with Gasteiger partial charge in [0.25, 0.3) is 0 Å². The molecule has 17 heavy (non-hydrogen) atoms. The fourth-order valence-electron chi connectivity index (χ4n) is 1.70. The summed E-state index contributed by atoms with van der Waals surface area (Å²) < 4.78 is 5.30. The normalized spacial score (nSPS) is 12.3. The van der Waals surface area contributed by atoms with Crippen molar-refractivity contribution in [3.8, 4) is 11.3 Å². The maximum absolute atomic E-state index is 10.8. The Balaban J connectivity index is 2.25. The summed E-state index contributed by atoms with van der Waals surface area (Å²) in [5.41, 5.74) is 12.8. The minimum absolute atomic E-state index is 0.140. The second-order valence-electron chi connectivity index (χ2n) is 3.88. The number of carbonyl (C=O) groups excluding carboxylic acids is 1. The zero-order valence-corrected chi connectivity index (χ0v) is 9.30. The average Bonchev–Trinajstić information content (AvgIpc) is 2.82. The first kappa shape index (κ1) is 11.4. The van der Waals surface area contributed by atoms with Crippen molar-refractivity contribution in [1.82, 2.24) is 0 Å². The van der Waals surface area contributed by atoms with Crippen molar-refractivity contribution >= 4 is 5.91 Å². The van der Waals surface area contributed by atoms with E-state index < -0.39 is 5.91 Å². The van der Waals surface area contributed by atoms with Crippen molar-refractivity contribution in [3.05, 3.63) is 48.2 Å².